The monoisotopic (exact) mass is 454 g/mol. The molecule has 174 valence electrons. The minimum atomic E-state index is -1.46. The lowest BCUT2D eigenvalue weighted by atomic mass is 9.91. The van der Waals surface area contributed by atoms with E-state index in [1.165, 1.54) is 12.8 Å². The molecule has 3 fully saturated rings. The highest BCUT2D eigenvalue weighted by molar-refractivity contribution is 5.73. The predicted molar refractivity (Wildman–Crippen MR) is 118 cm³/mol. The standard InChI is InChI=1S/C24H28F2N6O/c1-12-13(2)29-24-22(28-12)21(15-7-18(25)19(26)8-15)30-23(31-24)14-5-6-33-20(9-14)16-10-27-32(11-16)17-3-4-17/h10-11,14-15,17-20H,3-9H2,1-2H3/t14-,15?,18-,19+,20-/m1/s1. The van der Waals surface area contributed by atoms with E-state index in [9.17, 15) is 8.78 Å². The Hall–Kier alpha value is -2.55. The van der Waals surface area contributed by atoms with Crippen molar-refractivity contribution in [3.8, 4) is 0 Å². The Bertz CT molecular complexity index is 1190. The van der Waals surface area contributed by atoms with E-state index in [4.69, 9.17) is 14.7 Å². The highest BCUT2D eigenvalue weighted by atomic mass is 19.2. The number of fused-ring (bicyclic) bond motifs is 1. The van der Waals surface area contributed by atoms with Crippen LogP contribution in [0.2, 0.25) is 0 Å². The molecule has 0 radical (unpaired) electrons. The summed E-state index contributed by atoms with van der Waals surface area (Å²) in [6.07, 6.45) is 5.15. The molecular formula is C24H28F2N6O. The highest BCUT2D eigenvalue weighted by Gasteiger charge is 2.38. The van der Waals surface area contributed by atoms with Crippen LogP contribution in [0.25, 0.3) is 11.2 Å². The van der Waals surface area contributed by atoms with E-state index in [0.29, 0.717) is 35.3 Å². The van der Waals surface area contributed by atoms with Crippen molar-refractivity contribution >= 4 is 11.2 Å². The van der Waals surface area contributed by atoms with E-state index >= 15 is 0 Å². The Morgan fingerprint density at radius 3 is 2.42 bits per heavy atom. The van der Waals surface area contributed by atoms with Gasteiger partial charge >= 0.3 is 0 Å². The van der Waals surface area contributed by atoms with Crippen LogP contribution in [-0.2, 0) is 4.74 Å². The molecule has 5 atom stereocenters. The second kappa shape index (κ2) is 8.04. The number of alkyl halides is 2. The van der Waals surface area contributed by atoms with Crippen LogP contribution in [0.1, 0.15) is 91.0 Å². The number of rotatable bonds is 4. The zero-order chi connectivity index (χ0) is 22.7. The first-order chi connectivity index (χ1) is 16.0. The molecule has 0 aromatic carbocycles. The number of aryl methyl sites for hydroxylation is 2. The molecule has 0 amide bonds. The molecule has 2 aliphatic carbocycles. The molecule has 1 aliphatic heterocycles. The van der Waals surface area contributed by atoms with Gasteiger partial charge in [0.25, 0.3) is 0 Å². The first-order valence-electron chi connectivity index (χ1n) is 11.9. The molecule has 1 unspecified atom stereocenters. The third kappa shape index (κ3) is 3.90. The van der Waals surface area contributed by atoms with Crippen LogP contribution < -0.4 is 0 Å². The van der Waals surface area contributed by atoms with E-state index in [2.05, 4.69) is 21.3 Å². The first kappa shape index (κ1) is 21.0. The number of hydrogen-bond donors (Lipinski definition) is 0. The number of aromatic nitrogens is 6. The van der Waals surface area contributed by atoms with Crippen LogP contribution in [0.3, 0.4) is 0 Å². The average molecular weight is 455 g/mol. The van der Waals surface area contributed by atoms with Crippen LogP contribution in [-0.4, -0.2) is 48.7 Å². The zero-order valence-corrected chi connectivity index (χ0v) is 18.9. The molecule has 0 N–H and O–H groups in total. The Labute approximate surface area is 191 Å². The first-order valence-corrected chi connectivity index (χ1v) is 11.9. The van der Waals surface area contributed by atoms with Crippen LogP contribution in [0, 0.1) is 13.8 Å². The minimum absolute atomic E-state index is 0.0678. The van der Waals surface area contributed by atoms with Crippen LogP contribution in [0.4, 0.5) is 8.78 Å². The number of nitrogens with zero attached hydrogens (tertiary/aromatic N) is 6. The van der Waals surface area contributed by atoms with Crippen molar-refractivity contribution in [1.82, 2.24) is 29.7 Å². The molecule has 0 spiro atoms. The molecule has 3 aliphatic rings. The van der Waals surface area contributed by atoms with Crippen molar-refractivity contribution in [1.29, 1.82) is 0 Å². The number of halogens is 2. The Morgan fingerprint density at radius 1 is 0.909 bits per heavy atom. The van der Waals surface area contributed by atoms with E-state index < -0.39 is 12.3 Å². The fourth-order valence-corrected chi connectivity index (χ4v) is 5.10. The molecule has 7 nitrogen and oxygen atoms in total. The predicted octanol–water partition coefficient (Wildman–Crippen LogP) is 4.76. The van der Waals surface area contributed by atoms with Gasteiger partial charge in [-0.3, -0.25) is 4.68 Å². The molecule has 3 aromatic rings. The van der Waals surface area contributed by atoms with Crippen LogP contribution in [0.15, 0.2) is 12.4 Å². The summed E-state index contributed by atoms with van der Waals surface area (Å²) in [6, 6.07) is 0.528. The van der Waals surface area contributed by atoms with E-state index in [1.54, 1.807) is 0 Å². The van der Waals surface area contributed by atoms with Gasteiger partial charge in [0.15, 0.2) is 5.65 Å². The maximum Gasteiger partial charge on any atom is 0.182 e. The molecule has 2 saturated carbocycles. The van der Waals surface area contributed by atoms with Gasteiger partial charge in [0, 0.05) is 30.2 Å². The van der Waals surface area contributed by atoms with Gasteiger partial charge in [-0.2, -0.15) is 5.10 Å². The topological polar surface area (TPSA) is 78.6 Å². The molecular weight excluding hydrogens is 426 g/mol. The summed E-state index contributed by atoms with van der Waals surface area (Å²) in [5, 5.41) is 4.51. The molecule has 4 heterocycles. The molecule has 1 saturated heterocycles. The number of hydrogen-bond acceptors (Lipinski definition) is 6. The SMILES string of the molecule is Cc1nc2nc([C@@H]3CCO[C@@H](c4cnn(C5CC5)c4)C3)nc(C3C[C@@H](F)[C@@H](F)C3)c2nc1C. The van der Waals surface area contributed by atoms with Crippen molar-refractivity contribution in [3.05, 3.63) is 40.9 Å². The second-order valence-electron chi connectivity index (χ2n) is 9.80. The van der Waals surface area contributed by atoms with Gasteiger partial charge in [0.2, 0.25) is 0 Å². The Morgan fingerprint density at radius 2 is 1.67 bits per heavy atom. The smallest absolute Gasteiger partial charge is 0.182 e. The summed E-state index contributed by atoms with van der Waals surface area (Å²) in [5.74, 6) is 0.432. The Kier molecular flexibility index (Phi) is 5.12. The summed E-state index contributed by atoms with van der Waals surface area (Å²) in [7, 11) is 0. The number of ether oxygens (including phenoxy) is 1. The normalized spacial score (nSPS) is 30.2. The van der Waals surface area contributed by atoms with Crippen LogP contribution in [0.5, 0.6) is 0 Å². The van der Waals surface area contributed by atoms with Crippen LogP contribution >= 0.6 is 0 Å². The van der Waals surface area contributed by atoms with Crippen molar-refractivity contribution in [3.63, 3.8) is 0 Å². The van der Waals surface area contributed by atoms with Gasteiger partial charge in [-0.1, -0.05) is 0 Å². The van der Waals surface area contributed by atoms with Gasteiger partial charge < -0.3 is 4.74 Å². The van der Waals surface area contributed by atoms with E-state index in [1.807, 2.05) is 24.7 Å². The van der Waals surface area contributed by atoms with Gasteiger partial charge in [-0.25, -0.2) is 28.7 Å². The summed E-state index contributed by atoms with van der Waals surface area (Å²) in [5.41, 5.74) is 4.38. The maximum atomic E-state index is 14.1. The largest absolute Gasteiger partial charge is 0.373 e. The third-order valence-electron chi connectivity index (χ3n) is 7.35. The fourth-order valence-electron chi connectivity index (χ4n) is 5.10. The Balaban J connectivity index is 1.35. The lowest BCUT2D eigenvalue weighted by molar-refractivity contribution is 0.00391. The molecule has 3 aromatic heterocycles. The van der Waals surface area contributed by atoms with Gasteiger partial charge in [0.05, 0.1) is 35.4 Å². The van der Waals surface area contributed by atoms with Crippen molar-refractivity contribution in [2.24, 2.45) is 0 Å². The van der Waals surface area contributed by atoms with Crippen molar-refractivity contribution in [2.75, 3.05) is 6.61 Å². The summed E-state index contributed by atoms with van der Waals surface area (Å²) < 4.78 is 36.3. The quantitative estimate of drug-likeness (QED) is 0.566. The second-order valence-corrected chi connectivity index (χ2v) is 9.80. The molecule has 6 rings (SSSR count). The van der Waals surface area contributed by atoms with Crippen molar-refractivity contribution < 1.29 is 13.5 Å². The van der Waals surface area contributed by atoms with Gasteiger partial charge in [-0.05, 0) is 52.4 Å². The minimum Gasteiger partial charge on any atom is -0.373 e. The lowest BCUT2D eigenvalue weighted by Gasteiger charge is -2.28. The summed E-state index contributed by atoms with van der Waals surface area (Å²) >= 11 is 0. The zero-order valence-electron chi connectivity index (χ0n) is 18.9. The average Bonchev–Trinajstić information content (AvgIpc) is 3.44. The molecule has 0 bridgehead atoms. The highest BCUT2D eigenvalue weighted by Crippen LogP contribution is 2.42. The maximum absolute atomic E-state index is 14.1. The van der Waals surface area contributed by atoms with Gasteiger partial charge in [0.1, 0.15) is 23.7 Å². The fraction of sp³-hybridized carbons (Fsp3) is 0.625. The summed E-state index contributed by atoms with van der Waals surface area (Å²) in [6.45, 7) is 4.38. The molecule has 9 heteroatoms. The van der Waals surface area contributed by atoms with E-state index in [-0.39, 0.29) is 30.8 Å². The third-order valence-corrected chi connectivity index (χ3v) is 7.35. The van der Waals surface area contributed by atoms with Gasteiger partial charge in [-0.15, -0.1) is 0 Å². The lowest BCUT2D eigenvalue weighted by Crippen LogP contribution is -2.21. The molecule has 33 heavy (non-hydrogen) atoms. The van der Waals surface area contributed by atoms with Crippen molar-refractivity contribution in [2.45, 2.75) is 88.7 Å². The summed E-state index contributed by atoms with van der Waals surface area (Å²) in [4.78, 5) is 19.0. The van der Waals surface area contributed by atoms with E-state index in [0.717, 1.165) is 29.8 Å².